The second-order valence-electron chi connectivity index (χ2n) is 1.05. The Balaban J connectivity index is 2.54. The van der Waals surface area contributed by atoms with E-state index in [2.05, 4.69) is 0 Å². The summed E-state index contributed by atoms with van der Waals surface area (Å²) in [5.41, 5.74) is 0. The zero-order valence-electron chi connectivity index (χ0n) is 3.65. The van der Waals surface area contributed by atoms with Crippen molar-refractivity contribution >= 4 is 7.85 Å². The average molecular weight is 78.9 g/mol. The van der Waals surface area contributed by atoms with Crippen LogP contribution in [0.2, 0.25) is 6.32 Å². The maximum absolute atomic E-state index is 7.89. The van der Waals surface area contributed by atoms with Crippen LogP contribution < -0.4 is 0 Å². The summed E-state index contributed by atoms with van der Waals surface area (Å²) in [6.45, 7) is 0. The molecule has 0 aliphatic carbocycles. The molecule has 0 aliphatic heterocycles. The molecule has 0 spiro atoms. The van der Waals surface area contributed by atoms with E-state index >= 15 is 0 Å². The number of hydrogen-bond acceptors (Lipinski definition) is 1. The third kappa shape index (κ3) is 3.55. The van der Waals surface area contributed by atoms with Gasteiger partial charge in [0, 0.05) is 6.42 Å². The van der Waals surface area contributed by atoms with E-state index in [-0.39, 0.29) is 0 Å². The van der Waals surface area contributed by atoms with E-state index < -0.39 is 0 Å². The van der Waals surface area contributed by atoms with Crippen molar-refractivity contribution in [3.63, 3.8) is 0 Å². The average Bonchev–Trinajstić information content (AvgIpc) is 1.61. The van der Waals surface area contributed by atoms with E-state index in [1.54, 1.807) is 0 Å². The lowest BCUT2D eigenvalue weighted by molar-refractivity contribution is 0.965. The van der Waals surface area contributed by atoms with Gasteiger partial charge in [-0.3, -0.25) is 0 Å². The third-order valence-electron chi connectivity index (χ3n) is 0.493. The largest absolute Gasteiger partial charge is 0.198 e. The molecule has 0 aliphatic rings. The van der Waals surface area contributed by atoms with E-state index in [0.717, 1.165) is 6.42 Å². The minimum atomic E-state index is 0.594. The van der Waals surface area contributed by atoms with E-state index in [1.165, 1.54) is 0 Å². The SMILES string of the molecule is [B]CCCC#N. The van der Waals surface area contributed by atoms with Gasteiger partial charge in [0.1, 0.15) is 0 Å². The number of rotatable bonds is 2. The van der Waals surface area contributed by atoms with Crippen molar-refractivity contribution in [1.29, 1.82) is 5.26 Å². The van der Waals surface area contributed by atoms with Crippen molar-refractivity contribution in [1.82, 2.24) is 0 Å². The van der Waals surface area contributed by atoms with Crippen molar-refractivity contribution in [2.45, 2.75) is 19.2 Å². The minimum absolute atomic E-state index is 0.594. The summed E-state index contributed by atoms with van der Waals surface area (Å²) in [6, 6.07) is 1.99. The van der Waals surface area contributed by atoms with Crippen LogP contribution in [0.25, 0.3) is 0 Å². The fraction of sp³-hybridized carbons (Fsp3) is 0.750. The molecule has 2 heteroatoms. The second kappa shape index (κ2) is 4.55. The van der Waals surface area contributed by atoms with Crippen molar-refractivity contribution < 1.29 is 0 Å². The Kier molecular flexibility index (Phi) is 4.22. The molecule has 0 saturated heterocycles. The van der Waals surface area contributed by atoms with Crippen molar-refractivity contribution in [2.75, 3.05) is 0 Å². The van der Waals surface area contributed by atoms with Gasteiger partial charge in [-0.2, -0.15) is 5.26 Å². The van der Waals surface area contributed by atoms with Gasteiger partial charge < -0.3 is 0 Å². The first kappa shape index (κ1) is 5.55. The van der Waals surface area contributed by atoms with E-state index in [4.69, 9.17) is 13.1 Å². The molecule has 0 atom stereocenters. The van der Waals surface area contributed by atoms with Crippen LogP contribution in [0.5, 0.6) is 0 Å². The lowest BCUT2D eigenvalue weighted by atomic mass is 10.0. The zero-order valence-corrected chi connectivity index (χ0v) is 3.65. The molecule has 0 saturated carbocycles. The summed E-state index contributed by atoms with van der Waals surface area (Å²) in [7, 11) is 5.06. The summed E-state index contributed by atoms with van der Waals surface area (Å²) in [5.74, 6) is 0. The maximum Gasteiger partial charge on any atom is 0.0653 e. The summed E-state index contributed by atoms with van der Waals surface area (Å²) >= 11 is 0. The molecule has 6 heavy (non-hydrogen) atoms. The van der Waals surface area contributed by atoms with E-state index in [1.807, 2.05) is 6.07 Å². The molecular formula is C4H6BN. The predicted molar refractivity (Wildman–Crippen MR) is 25.4 cm³/mol. The maximum atomic E-state index is 7.89. The first-order valence-corrected chi connectivity index (χ1v) is 1.99. The monoisotopic (exact) mass is 79.1 g/mol. The Labute approximate surface area is 39.4 Å². The Hall–Kier alpha value is -0.445. The highest BCUT2D eigenvalue weighted by Gasteiger charge is 1.74. The molecule has 0 rings (SSSR count). The van der Waals surface area contributed by atoms with Crippen LogP contribution in [0.1, 0.15) is 12.8 Å². The van der Waals surface area contributed by atoms with Crippen LogP contribution in [0, 0.1) is 11.3 Å². The van der Waals surface area contributed by atoms with E-state index in [9.17, 15) is 0 Å². The highest BCUT2D eigenvalue weighted by Crippen LogP contribution is 1.87. The van der Waals surface area contributed by atoms with Gasteiger partial charge in [-0.15, -0.1) is 0 Å². The van der Waals surface area contributed by atoms with Gasteiger partial charge in [-0.1, -0.05) is 6.32 Å². The van der Waals surface area contributed by atoms with Gasteiger partial charge >= 0.3 is 0 Å². The molecule has 0 amide bonds. The summed E-state index contributed by atoms with van der Waals surface area (Å²) < 4.78 is 0. The summed E-state index contributed by atoms with van der Waals surface area (Å²) in [6.07, 6.45) is 2.06. The summed E-state index contributed by atoms with van der Waals surface area (Å²) in [4.78, 5) is 0. The lowest BCUT2D eigenvalue weighted by Crippen LogP contribution is -1.66. The molecule has 0 unspecified atom stereocenters. The normalized spacial score (nSPS) is 7.17. The van der Waals surface area contributed by atoms with Gasteiger partial charge in [-0.25, -0.2) is 0 Å². The number of unbranched alkanes of at least 4 members (excludes halogenated alkanes) is 1. The molecule has 2 radical (unpaired) electrons. The quantitative estimate of drug-likeness (QED) is 0.356. The number of nitrogens with zero attached hydrogens (tertiary/aromatic N) is 1. The molecule has 1 nitrogen and oxygen atoms in total. The molecule has 0 bridgehead atoms. The van der Waals surface area contributed by atoms with Gasteiger partial charge in [0.25, 0.3) is 0 Å². The second-order valence-corrected chi connectivity index (χ2v) is 1.05. The lowest BCUT2D eigenvalue weighted by Gasteiger charge is -1.77. The van der Waals surface area contributed by atoms with Crippen LogP contribution in [-0.4, -0.2) is 7.85 Å². The first-order chi connectivity index (χ1) is 2.91. The highest BCUT2D eigenvalue weighted by molar-refractivity contribution is 6.08. The van der Waals surface area contributed by atoms with Crippen molar-refractivity contribution in [3.8, 4) is 6.07 Å². The predicted octanol–water partition coefficient (Wildman–Crippen LogP) is 0.877. The molecule has 0 heterocycles. The number of hydrogen-bond donors (Lipinski definition) is 0. The van der Waals surface area contributed by atoms with Crippen LogP contribution >= 0.6 is 0 Å². The molecule has 0 fully saturated rings. The topological polar surface area (TPSA) is 23.8 Å². The van der Waals surface area contributed by atoms with Crippen LogP contribution in [0.15, 0.2) is 0 Å². The van der Waals surface area contributed by atoms with Crippen LogP contribution in [-0.2, 0) is 0 Å². The fourth-order valence-electron chi connectivity index (χ4n) is 0.181. The third-order valence-corrected chi connectivity index (χ3v) is 0.493. The van der Waals surface area contributed by atoms with Crippen LogP contribution in [0.4, 0.5) is 0 Å². The summed E-state index contributed by atoms with van der Waals surface area (Å²) in [5, 5.41) is 7.89. The zero-order chi connectivity index (χ0) is 4.83. The molecular weight excluding hydrogens is 72.9 g/mol. The number of nitriles is 1. The first-order valence-electron chi connectivity index (χ1n) is 1.99. The van der Waals surface area contributed by atoms with Crippen molar-refractivity contribution in [2.24, 2.45) is 0 Å². The Morgan fingerprint density at radius 3 is 2.50 bits per heavy atom. The van der Waals surface area contributed by atoms with Gasteiger partial charge in [0.2, 0.25) is 0 Å². The Morgan fingerprint density at radius 1 is 1.67 bits per heavy atom. The van der Waals surface area contributed by atoms with Gasteiger partial charge in [0.15, 0.2) is 0 Å². The molecule has 0 N–H and O–H groups in total. The molecule has 30 valence electrons. The van der Waals surface area contributed by atoms with Gasteiger partial charge in [0.05, 0.1) is 13.9 Å². The Bertz CT molecular complexity index is 55.1. The fourth-order valence-corrected chi connectivity index (χ4v) is 0.181. The standard InChI is InChI=1S/C4H6BN/c5-3-1-2-4-6/h1-3H2. The van der Waals surface area contributed by atoms with E-state index in [0.29, 0.717) is 12.7 Å². The molecule has 0 aromatic heterocycles. The van der Waals surface area contributed by atoms with Crippen molar-refractivity contribution in [3.05, 3.63) is 0 Å². The molecule has 0 aromatic carbocycles. The smallest absolute Gasteiger partial charge is 0.0653 e. The minimum Gasteiger partial charge on any atom is -0.198 e. The highest BCUT2D eigenvalue weighted by atomic mass is 14.2. The van der Waals surface area contributed by atoms with Crippen LogP contribution in [0.3, 0.4) is 0 Å². The molecule has 0 aromatic rings. The Morgan fingerprint density at radius 2 is 2.33 bits per heavy atom. The van der Waals surface area contributed by atoms with Gasteiger partial charge in [-0.05, 0) is 6.42 Å².